The van der Waals surface area contributed by atoms with Crippen molar-refractivity contribution >= 4 is 82.6 Å². The summed E-state index contributed by atoms with van der Waals surface area (Å²) < 4.78 is 120. The number of hydrogen-bond donors (Lipinski definition) is 3. The van der Waals surface area contributed by atoms with E-state index in [1.165, 1.54) is 70.9 Å². The van der Waals surface area contributed by atoms with E-state index in [1.54, 1.807) is 39.2 Å². The maximum atomic E-state index is 15.5. The molecule has 2 bridgehead atoms. The average Bonchev–Trinajstić information content (AvgIpc) is 1.71. The third-order valence-corrected chi connectivity index (χ3v) is 22.0. The van der Waals surface area contributed by atoms with Crippen LogP contribution < -0.4 is 16.0 Å². The van der Waals surface area contributed by atoms with Gasteiger partial charge in [0.2, 0.25) is 70.9 Å². The molecule has 2 saturated carbocycles. The molecule has 592 valence electrons. The van der Waals surface area contributed by atoms with Gasteiger partial charge in [0.1, 0.15) is 71.1 Å². The molecule has 2 saturated heterocycles. The zero-order chi connectivity index (χ0) is 79.5. The fourth-order valence-corrected chi connectivity index (χ4v) is 15.4. The summed E-state index contributed by atoms with van der Waals surface area (Å²) in [6.45, 7) is 2.89. The fraction of sp³-hybridized carbons (Fsp3) is 0.644. The number of carbonyl (C=O) groups is 12. The van der Waals surface area contributed by atoms with Crippen molar-refractivity contribution in [2.75, 3.05) is 101 Å². The second-order valence-electron chi connectivity index (χ2n) is 28.8. The Morgan fingerprint density at radius 1 is 0.692 bits per heavy atom. The van der Waals surface area contributed by atoms with Gasteiger partial charge in [-0.05, 0) is 118 Å². The van der Waals surface area contributed by atoms with E-state index in [4.69, 9.17) is 4.74 Å². The molecule has 2 aromatic carbocycles. The molecule has 25 nitrogen and oxygen atoms in total. The van der Waals surface area contributed by atoms with Crippen molar-refractivity contribution in [3.05, 3.63) is 82.4 Å². The third kappa shape index (κ3) is 20.5. The molecule has 1 spiro atoms. The number of thioether (sulfide) groups is 1. The van der Waals surface area contributed by atoms with Crippen molar-refractivity contribution in [3.8, 4) is 0 Å². The lowest BCUT2D eigenvalue weighted by molar-refractivity contribution is -0.157. The number of hydrogen-bond acceptors (Lipinski definition) is 14. The van der Waals surface area contributed by atoms with Crippen molar-refractivity contribution in [2.45, 2.75) is 189 Å². The molecule has 7 rings (SSSR count). The highest BCUT2D eigenvalue weighted by atomic mass is 32.2. The van der Waals surface area contributed by atoms with E-state index in [-0.39, 0.29) is 63.1 Å². The van der Waals surface area contributed by atoms with Gasteiger partial charge in [-0.2, -0.15) is 38.1 Å². The number of ether oxygens (including phenoxy) is 1. The first-order valence-electron chi connectivity index (χ1n) is 36.0. The number of nitrogens with one attached hydrogen (secondary N) is 3. The third-order valence-electron chi connectivity index (χ3n) is 21.3. The Morgan fingerprint density at radius 3 is 1.88 bits per heavy atom. The van der Waals surface area contributed by atoms with E-state index in [0.29, 0.717) is 50.7 Å². The van der Waals surface area contributed by atoms with Crippen molar-refractivity contribution in [2.24, 2.45) is 11.8 Å². The highest BCUT2D eigenvalue weighted by Crippen LogP contribution is 2.40. The van der Waals surface area contributed by atoms with E-state index in [0.717, 1.165) is 65.6 Å². The molecule has 0 radical (unpaired) electrons. The lowest BCUT2D eigenvalue weighted by Crippen LogP contribution is -2.68. The molecule has 10 atom stereocenters. The van der Waals surface area contributed by atoms with Gasteiger partial charge in [0.15, 0.2) is 0 Å². The van der Waals surface area contributed by atoms with Crippen molar-refractivity contribution in [3.63, 3.8) is 0 Å². The van der Waals surface area contributed by atoms with Crippen LogP contribution in [-0.4, -0.2) is 276 Å². The molecule has 107 heavy (non-hydrogen) atoms. The molecule has 0 aromatic heterocycles. The van der Waals surface area contributed by atoms with E-state index in [1.807, 2.05) is 0 Å². The smallest absolute Gasteiger partial charge is 0.377 e. The Morgan fingerprint density at radius 2 is 1.32 bits per heavy atom. The van der Waals surface area contributed by atoms with E-state index in [2.05, 4.69) is 16.0 Å². The Kier molecular flexibility index (Phi) is 29.4. The van der Waals surface area contributed by atoms with Gasteiger partial charge >= 0.3 is 12.4 Å². The summed E-state index contributed by atoms with van der Waals surface area (Å²) in [5.41, 5.74) is -5.25. The topological polar surface area (TPSA) is 279 Å². The first kappa shape index (κ1) is 85.8. The van der Waals surface area contributed by atoms with Gasteiger partial charge in [0, 0.05) is 94.7 Å². The van der Waals surface area contributed by atoms with Crippen molar-refractivity contribution in [1.82, 2.24) is 60.0 Å². The predicted octanol–water partition coefficient (Wildman–Crippen LogP) is 5.06. The van der Waals surface area contributed by atoms with Gasteiger partial charge in [-0.25, -0.2) is 8.78 Å². The molecule has 2 aliphatic carbocycles. The Labute approximate surface area is 622 Å². The van der Waals surface area contributed by atoms with Gasteiger partial charge in [-0.3, -0.25) is 57.5 Å². The van der Waals surface area contributed by atoms with Gasteiger partial charge < -0.3 is 64.8 Å². The molecule has 12 amide bonds. The first-order chi connectivity index (χ1) is 50.2. The maximum Gasteiger partial charge on any atom is 0.422 e. The van der Waals surface area contributed by atoms with Crippen LogP contribution in [0.2, 0.25) is 0 Å². The summed E-state index contributed by atoms with van der Waals surface area (Å²) >= 11 is 1.19. The number of fused-ring (bicyclic) bond motifs is 3. The van der Waals surface area contributed by atoms with Crippen molar-refractivity contribution in [1.29, 1.82) is 0 Å². The molecule has 2 aromatic rings. The van der Waals surface area contributed by atoms with E-state index in [9.17, 15) is 55.1 Å². The molecule has 4 fully saturated rings. The number of carbonyl (C=O) groups excluding carboxylic acids is 12. The second kappa shape index (κ2) is 36.6. The largest absolute Gasteiger partial charge is 0.422 e. The summed E-state index contributed by atoms with van der Waals surface area (Å²) in [4.78, 5) is 190. The van der Waals surface area contributed by atoms with Crippen molar-refractivity contribution < 1.29 is 97.4 Å². The standard InChI is InChI=1S/C73H100F8N12O13S/c1-13-42(3)60-68(103)87(7)40-58(96)88(8)51-23-16-15-19-32-92(67(51)102)54(35-43-24-27-46(28-25-43)72(76,77)78)66(101)86(6)39-56(94)82-50(29-26-44-33-48(74)59(49(75)34-44)73(79,80)81)64(99)93-38-47(106-14-2)36-52(93)63(98)84-71(30-20-31-71)70(105)91(11)61(45-21-17-18-22-45)69(104)90(10)53(65(100)85(4)5)37-57(95)89(9)55(41-107-12)62(97)83-60/h15-16,24-25,27-28,33-34,42,45,47,50-55,60-61H,13-14,17-23,26,29-32,35-41H2,1-12H3,(H,82,94)(H,83,97)(H,84,98)/b16-15-/t42-,47+,50-,51-,52-,53-,54-,55-,60-,61-/m0/s1. The van der Waals surface area contributed by atoms with Crippen LogP contribution in [0.4, 0.5) is 35.1 Å². The van der Waals surface area contributed by atoms with Crippen LogP contribution in [-0.2, 0) is 87.5 Å². The number of nitrogens with zero attached hydrogens (tertiary/aromatic N) is 9. The van der Waals surface area contributed by atoms with Gasteiger partial charge in [0.05, 0.1) is 31.2 Å². The zero-order valence-electron chi connectivity index (χ0n) is 62.6. The van der Waals surface area contributed by atoms with Crippen LogP contribution in [0.15, 0.2) is 48.6 Å². The minimum Gasteiger partial charge on any atom is -0.377 e. The second-order valence-corrected chi connectivity index (χ2v) is 29.8. The number of amides is 12. The van der Waals surface area contributed by atoms with E-state index < -0.39 is 222 Å². The molecule has 0 unspecified atom stereocenters. The first-order valence-corrected chi connectivity index (χ1v) is 37.4. The molecule has 3 N–H and O–H groups in total. The van der Waals surface area contributed by atoms with Crippen LogP contribution >= 0.6 is 11.8 Å². The highest BCUT2D eigenvalue weighted by Gasteiger charge is 2.54. The van der Waals surface area contributed by atoms with Crippen LogP contribution in [0.3, 0.4) is 0 Å². The molecular weight excluding hydrogens is 1440 g/mol. The zero-order valence-corrected chi connectivity index (χ0v) is 63.4. The van der Waals surface area contributed by atoms with Crippen LogP contribution in [0.1, 0.15) is 126 Å². The minimum atomic E-state index is -5.46. The minimum absolute atomic E-state index is 0.0300. The van der Waals surface area contributed by atoms with Gasteiger partial charge in [0.25, 0.3) is 0 Å². The molecule has 3 aliphatic heterocycles. The normalized spacial score (nSPS) is 26.2. The number of halogens is 8. The number of rotatable bonds is 13. The Balaban J connectivity index is 1.35. The highest BCUT2D eigenvalue weighted by molar-refractivity contribution is 7.98. The SMILES string of the molecule is CCO[C@@H]1C[C@H]2C(=O)NC3(CCC3)C(=O)N(C)[C@@H](C3CCCC3)C(=O)N(C)[C@H](C(=O)N(C)C)CC(=O)N(C)[C@@H](CSC)C(=O)N[C@@H]([C@@H](C)CC)C(=O)N(C)CC(=O)N(C)[C@H]3C/C=C\CCN(C3=O)[C@@H](Cc3ccc(C(F)(F)F)cc3)C(=O)N(C)CC(=O)N[C@@H](CCc3cc(F)c(C(F)(F)F)c(F)c3)C(=O)N2C1. The average molecular weight is 1540 g/mol. The van der Waals surface area contributed by atoms with Crippen LogP contribution in [0.5, 0.6) is 0 Å². The summed E-state index contributed by atoms with van der Waals surface area (Å²) in [6, 6.07) is -7.34. The lowest BCUT2D eigenvalue weighted by Gasteiger charge is -2.46. The lowest BCUT2D eigenvalue weighted by atomic mass is 9.74. The summed E-state index contributed by atoms with van der Waals surface area (Å²) in [5.74, 6) is -15.2. The molecular formula is C73H100F8N12O13S. The van der Waals surface area contributed by atoms with Crippen LogP contribution in [0, 0.1) is 23.5 Å². The number of benzene rings is 2. The van der Waals surface area contributed by atoms with Gasteiger partial charge in [-0.1, -0.05) is 57.4 Å². The Bertz CT molecular complexity index is 3610. The molecule has 5 aliphatic rings. The van der Waals surface area contributed by atoms with Gasteiger partial charge in [-0.15, -0.1) is 0 Å². The summed E-state index contributed by atoms with van der Waals surface area (Å²) in [7, 11) is 10.6. The molecule has 34 heteroatoms. The van der Waals surface area contributed by atoms with Crippen LogP contribution in [0.25, 0.3) is 0 Å². The Hall–Kier alpha value is -8.43. The molecule has 3 heterocycles. The number of likely N-dealkylation sites (N-methyl/N-ethyl adjacent to an activating group) is 7. The van der Waals surface area contributed by atoms with E-state index >= 15 is 37.5 Å². The summed E-state index contributed by atoms with van der Waals surface area (Å²) in [5, 5.41) is 8.22. The maximum absolute atomic E-state index is 15.5. The predicted molar refractivity (Wildman–Crippen MR) is 377 cm³/mol. The number of aryl methyl sites for hydroxylation is 1. The quantitative estimate of drug-likeness (QED) is 0.175. The monoisotopic (exact) mass is 1540 g/mol. The summed E-state index contributed by atoms with van der Waals surface area (Å²) in [6.07, 6.45) is -5.83. The fourth-order valence-electron chi connectivity index (χ4n) is 14.7. The number of alkyl halides is 6.